The highest BCUT2D eigenvalue weighted by Crippen LogP contribution is 2.11. The number of amides is 1. The van der Waals surface area contributed by atoms with Crippen LogP contribution in [0.3, 0.4) is 0 Å². The summed E-state index contributed by atoms with van der Waals surface area (Å²) in [5.74, 6) is 0.137. The first-order chi connectivity index (χ1) is 11.7. The Bertz CT molecular complexity index is 516. The number of hydrogen-bond acceptors (Lipinski definition) is 3. The minimum Gasteiger partial charge on any atom is -0.383 e. The number of piperidine rings is 1. The van der Waals surface area contributed by atoms with Gasteiger partial charge in [-0.15, -0.1) is 0 Å². The van der Waals surface area contributed by atoms with E-state index in [1.54, 1.807) is 7.11 Å². The van der Waals surface area contributed by atoms with Crippen molar-refractivity contribution in [2.75, 3.05) is 33.4 Å². The monoisotopic (exact) mass is 349 g/mol. The van der Waals surface area contributed by atoms with E-state index in [9.17, 15) is 4.79 Å². The van der Waals surface area contributed by atoms with Crippen LogP contribution in [-0.2, 0) is 16.0 Å². The number of nitrogens with zero attached hydrogens (tertiary/aromatic N) is 1. The number of carbonyl (C=O) groups excluding carboxylic acids is 1. The number of benzene rings is 1. The second kappa shape index (κ2) is 10.3. The molecule has 1 fully saturated rings. The Morgan fingerprint density at radius 1 is 1.29 bits per heavy atom. The Morgan fingerprint density at radius 3 is 2.67 bits per heavy atom. The molecule has 2 rings (SSSR count). The third-order valence-electron chi connectivity index (χ3n) is 4.21. The summed E-state index contributed by atoms with van der Waals surface area (Å²) in [6.45, 7) is 3.13. The summed E-state index contributed by atoms with van der Waals surface area (Å²) in [7, 11) is 1.68. The molecule has 0 aromatic heterocycles. The lowest BCUT2D eigenvalue weighted by molar-refractivity contribution is -0.122. The van der Waals surface area contributed by atoms with Crippen molar-refractivity contribution in [1.82, 2.24) is 15.5 Å². The molecule has 2 N–H and O–H groups in total. The number of nitrogens with one attached hydrogen (secondary N) is 2. The highest BCUT2D eigenvalue weighted by molar-refractivity contribution is 7.80. The van der Waals surface area contributed by atoms with Crippen LogP contribution in [0.1, 0.15) is 24.8 Å². The number of likely N-dealkylation sites (tertiary alicyclic amines) is 1. The maximum Gasteiger partial charge on any atom is 0.220 e. The first kappa shape index (κ1) is 18.7. The molecule has 5 nitrogen and oxygen atoms in total. The number of methoxy groups -OCH3 is 1. The molecule has 0 unspecified atom stereocenters. The molecule has 0 atom stereocenters. The molecular weight excluding hydrogens is 322 g/mol. The minimum absolute atomic E-state index is 0.137. The zero-order valence-corrected chi connectivity index (χ0v) is 15.1. The van der Waals surface area contributed by atoms with E-state index in [2.05, 4.69) is 27.7 Å². The zero-order valence-electron chi connectivity index (χ0n) is 14.3. The van der Waals surface area contributed by atoms with Crippen LogP contribution in [0, 0.1) is 0 Å². The van der Waals surface area contributed by atoms with Crippen LogP contribution in [0.25, 0.3) is 0 Å². The molecule has 0 aliphatic carbocycles. The van der Waals surface area contributed by atoms with E-state index in [-0.39, 0.29) is 11.9 Å². The maximum atomic E-state index is 12.1. The molecule has 132 valence electrons. The summed E-state index contributed by atoms with van der Waals surface area (Å²) >= 11 is 5.38. The van der Waals surface area contributed by atoms with Gasteiger partial charge in [0.1, 0.15) is 0 Å². The highest BCUT2D eigenvalue weighted by atomic mass is 32.1. The molecule has 0 bridgehead atoms. The summed E-state index contributed by atoms with van der Waals surface area (Å²) in [5, 5.41) is 7.12. The van der Waals surface area contributed by atoms with Gasteiger partial charge in [0.25, 0.3) is 0 Å². The zero-order chi connectivity index (χ0) is 17.2. The van der Waals surface area contributed by atoms with Crippen molar-refractivity contribution in [2.45, 2.75) is 31.7 Å². The summed E-state index contributed by atoms with van der Waals surface area (Å²) in [5.41, 5.74) is 1.20. The topological polar surface area (TPSA) is 53.6 Å². The van der Waals surface area contributed by atoms with Crippen molar-refractivity contribution in [1.29, 1.82) is 0 Å². The van der Waals surface area contributed by atoms with Crippen molar-refractivity contribution >= 4 is 23.2 Å². The largest absolute Gasteiger partial charge is 0.383 e. The third-order valence-corrected chi connectivity index (χ3v) is 4.62. The number of rotatable bonds is 7. The van der Waals surface area contributed by atoms with Crippen LogP contribution in [0.2, 0.25) is 0 Å². The van der Waals surface area contributed by atoms with Gasteiger partial charge in [-0.1, -0.05) is 30.3 Å². The van der Waals surface area contributed by atoms with Gasteiger partial charge in [-0.2, -0.15) is 0 Å². The van der Waals surface area contributed by atoms with Crippen LogP contribution in [0.15, 0.2) is 30.3 Å². The van der Waals surface area contributed by atoms with Gasteiger partial charge in [-0.25, -0.2) is 0 Å². The van der Waals surface area contributed by atoms with Crippen LogP contribution >= 0.6 is 12.2 Å². The van der Waals surface area contributed by atoms with Gasteiger partial charge in [0.05, 0.1) is 6.61 Å². The van der Waals surface area contributed by atoms with Crippen molar-refractivity contribution < 1.29 is 9.53 Å². The fourth-order valence-electron chi connectivity index (χ4n) is 2.80. The van der Waals surface area contributed by atoms with E-state index in [0.29, 0.717) is 13.0 Å². The van der Waals surface area contributed by atoms with Crippen LogP contribution < -0.4 is 10.6 Å². The molecule has 0 spiro atoms. The predicted octanol–water partition coefficient (Wildman–Crippen LogP) is 1.72. The van der Waals surface area contributed by atoms with Gasteiger partial charge in [0.2, 0.25) is 5.91 Å². The number of hydrogen-bond donors (Lipinski definition) is 2. The Hall–Kier alpha value is -1.66. The van der Waals surface area contributed by atoms with Gasteiger partial charge >= 0.3 is 0 Å². The first-order valence-electron chi connectivity index (χ1n) is 8.54. The average molecular weight is 350 g/mol. The Kier molecular flexibility index (Phi) is 7.98. The van der Waals surface area contributed by atoms with E-state index in [0.717, 1.165) is 44.0 Å². The predicted molar refractivity (Wildman–Crippen MR) is 100.0 cm³/mol. The van der Waals surface area contributed by atoms with Crippen molar-refractivity contribution in [2.24, 2.45) is 0 Å². The molecule has 0 saturated carbocycles. The molecule has 1 aliphatic heterocycles. The van der Waals surface area contributed by atoms with E-state index in [4.69, 9.17) is 17.0 Å². The van der Waals surface area contributed by atoms with Crippen LogP contribution in [0.4, 0.5) is 0 Å². The maximum absolute atomic E-state index is 12.1. The molecule has 1 amide bonds. The van der Waals surface area contributed by atoms with Crippen molar-refractivity contribution in [3.63, 3.8) is 0 Å². The Morgan fingerprint density at radius 2 is 2.00 bits per heavy atom. The molecule has 1 heterocycles. The number of aryl methyl sites for hydroxylation is 1. The summed E-state index contributed by atoms with van der Waals surface area (Å²) in [6.07, 6.45) is 3.20. The smallest absolute Gasteiger partial charge is 0.220 e. The third kappa shape index (κ3) is 6.45. The lowest BCUT2D eigenvalue weighted by atomic mass is 10.0. The normalized spacial score (nSPS) is 15.1. The molecule has 6 heteroatoms. The number of thiocarbonyl (C=S) groups is 1. The Labute approximate surface area is 149 Å². The quantitative estimate of drug-likeness (QED) is 0.580. The SMILES string of the molecule is COCCNC(=S)N1CCC(NC(=O)CCc2ccccc2)CC1. The van der Waals surface area contributed by atoms with Gasteiger partial charge in [-0.3, -0.25) is 4.79 Å². The summed E-state index contributed by atoms with van der Waals surface area (Å²) < 4.78 is 5.01. The van der Waals surface area contributed by atoms with Gasteiger partial charge in [-0.05, 0) is 37.0 Å². The average Bonchev–Trinajstić information content (AvgIpc) is 2.61. The molecular formula is C18H27N3O2S. The van der Waals surface area contributed by atoms with Crippen molar-refractivity contribution in [3.8, 4) is 0 Å². The van der Waals surface area contributed by atoms with E-state index < -0.39 is 0 Å². The number of ether oxygens (including phenoxy) is 1. The lowest BCUT2D eigenvalue weighted by Crippen LogP contribution is -2.49. The highest BCUT2D eigenvalue weighted by Gasteiger charge is 2.21. The van der Waals surface area contributed by atoms with Crippen molar-refractivity contribution in [3.05, 3.63) is 35.9 Å². The van der Waals surface area contributed by atoms with Crippen LogP contribution in [0.5, 0.6) is 0 Å². The number of carbonyl (C=O) groups is 1. The second-order valence-electron chi connectivity index (χ2n) is 6.04. The standard InChI is InChI=1S/C18H27N3O2S/c1-23-14-11-19-18(24)21-12-9-16(10-13-21)20-17(22)8-7-15-5-3-2-4-6-15/h2-6,16H,7-14H2,1H3,(H,19,24)(H,20,22). The fourth-order valence-corrected chi connectivity index (χ4v) is 3.09. The second-order valence-corrected chi connectivity index (χ2v) is 6.43. The van der Waals surface area contributed by atoms with Gasteiger partial charge < -0.3 is 20.3 Å². The molecule has 1 saturated heterocycles. The molecule has 24 heavy (non-hydrogen) atoms. The van der Waals surface area contributed by atoms with Gasteiger partial charge in [0, 0.05) is 39.2 Å². The van der Waals surface area contributed by atoms with E-state index in [1.807, 2.05) is 18.2 Å². The summed E-state index contributed by atoms with van der Waals surface area (Å²) in [4.78, 5) is 14.3. The molecule has 1 aromatic carbocycles. The Balaban J connectivity index is 1.63. The van der Waals surface area contributed by atoms with Crippen LogP contribution in [-0.4, -0.2) is 55.3 Å². The van der Waals surface area contributed by atoms with E-state index in [1.165, 1.54) is 5.56 Å². The molecule has 1 aliphatic rings. The fraction of sp³-hybridized carbons (Fsp3) is 0.556. The lowest BCUT2D eigenvalue weighted by Gasteiger charge is -2.34. The molecule has 0 radical (unpaired) electrons. The first-order valence-corrected chi connectivity index (χ1v) is 8.95. The minimum atomic E-state index is 0.137. The van der Waals surface area contributed by atoms with Gasteiger partial charge in [0.15, 0.2) is 5.11 Å². The van der Waals surface area contributed by atoms with E-state index >= 15 is 0 Å². The summed E-state index contributed by atoms with van der Waals surface area (Å²) in [6, 6.07) is 10.4. The molecule has 1 aromatic rings.